The summed E-state index contributed by atoms with van der Waals surface area (Å²) in [4.78, 5) is 8.80. The van der Waals surface area contributed by atoms with Crippen molar-refractivity contribution in [3.63, 3.8) is 0 Å². The summed E-state index contributed by atoms with van der Waals surface area (Å²) in [6.07, 6.45) is 1.77. The molecule has 0 unspecified atom stereocenters. The molecule has 0 aliphatic carbocycles. The van der Waals surface area contributed by atoms with E-state index in [0.29, 0.717) is 19.2 Å². The maximum atomic E-state index is 5.85. The second kappa shape index (κ2) is 7.01. The van der Waals surface area contributed by atoms with Crippen LogP contribution in [-0.4, -0.2) is 16.0 Å². The van der Waals surface area contributed by atoms with E-state index < -0.39 is 0 Å². The van der Waals surface area contributed by atoms with Crippen LogP contribution in [0.3, 0.4) is 0 Å². The minimum absolute atomic E-state index is 0.418. The van der Waals surface area contributed by atoms with E-state index in [2.05, 4.69) is 29.1 Å². The summed E-state index contributed by atoms with van der Waals surface area (Å²) in [7, 11) is 0. The van der Waals surface area contributed by atoms with Gasteiger partial charge in [-0.2, -0.15) is 0 Å². The van der Waals surface area contributed by atoms with Crippen LogP contribution in [0.4, 0.5) is 0 Å². The molecule has 0 saturated heterocycles. The number of nitrogens with one attached hydrogen (secondary N) is 1. The Labute approximate surface area is 120 Å². The molecular weight excluding hydrogens is 250 g/mol. The van der Waals surface area contributed by atoms with E-state index in [1.54, 1.807) is 6.20 Å². The van der Waals surface area contributed by atoms with Gasteiger partial charge in [0, 0.05) is 24.5 Å². The Morgan fingerprint density at radius 1 is 1.20 bits per heavy atom. The lowest BCUT2D eigenvalue weighted by Crippen LogP contribution is -2.23. The Hall–Kier alpha value is -1.94. The van der Waals surface area contributed by atoms with Gasteiger partial charge in [-0.1, -0.05) is 19.9 Å². The van der Waals surface area contributed by atoms with Crippen LogP contribution in [0, 0.1) is 6.92 Å². The maximum absolute atomic E-state index is 5.85. The monoisotopic (exact) mass is 271 g/mol. The molecule has 0 aliphatic heterocycles. The molecule has 0 bridgehead atoms. The van der Waals surface area contributed by atoms with Crippen LogP contribution in [0.25, 0.3) is 0 Å². The van der Waals surface area contributed by atoms with Gasteiger partial charge in [-0.3, -0.25) is 9.97 Å². The first-order valence-electron chi connectivity index (χ1n) is 6.88. The van der Waals surface area contributed by atoms with Crippen molar-refractivity contribution in [1.82, 2.24) is 15.3 Å². The highest BCUT2D eigenvalue weighted by Crippen LogP contribution is 2.18. The van der Waals surface area contributed by atoms with Crippen LogP contribution in [0.15, 0.2) is 36.5 Å². The summed E-state index contributed by atoms with van der Waals surface area (Å²) < 4.78 is 5.85. The molecule has 0 fully saturated rings. The molecular formula is C16H21N3O. The Bertz CT molecular complexity index is 541. The molecule has 2 aromatic rings. The molecule has 0 amide bonds. The van der Waals surface area contributed by atoms with Crippen LogP contribution in [-0.2, 0) is 13.2 Å². The van der Waals surface area contributed by atoms with Gasteiger partial charge < -0.3 is 10.1 Å². The smallest absolute Gasteiger partial charge is 0.142 e. The van der Waals surface area contributed by atoms with Gasteiger partial charge in [-0.15, -0.1) is 0 Å². The molecule has 0 saturated carbocycles. The van der Waals surface area contributed by atoms with Crippen molar-refractivity contribution in [3.8, 4) is 5.75 Å². The number of ether oxygens (including phenoxy) is 1. The van der Waals surface area contributed by atoms with Crippen molar-refractivity contribution in [2.24, 2.45) is 0 Å². The molecule has 2 rings (SSSR count). The number of aromatic nitrogens is 2. The van der Waals surface area contributed by atoms with Crippen molar-refractivity contribution < 1.29 is 4.74 Å². The van der Waals surface area contributed by atoms with Gasteiger partial charge >= 0.3 is 0 Å². The quantitative estimate of drug-likeness (QED) is 0.877. The van der Waals surface area contributed by atoms with Crippen molar-refractivity contribution in [1.29, 1.82) is 0 Å². The summed E-state index contributed by atoms with van der Waals surface area (Å²) in [5.74, 6) is 0.814. The second-order valence-electron chi connectivity index (χ2n) is 5.04. The predicted octanol–water partition coefficient (Wildman–Crippen LogP) is 2.86. The molecule has 0 aromatic carbocycles. The van der Waals surface area contributed by atoms with E-state index in [1.165, 1.54) is 0 Å². The van der Waals surface area contributed by atoms with Crippen molar-refractivity contribution in [2.75, 3.05) is 0 Å². The Morgan fingerprint density at radius 3 is 2.75 bits per heavy atom. The fourth-order valence-electron chi connectivity index (χ4n) is 1.79. The maximum Gasteiger partial charge on any atom is 0.142 e. The lowest BCUT2D eigenvalue weighted by molar-refractivity contribution is 0.295. The highest BCUT2D eigenvalue weighted by molar-refractivity contribution is 5.29. The van der Waals surface area contributed by atoms with E-state index in [-0.39, 0.29) is 0 Å². The predicted molar refractivity (Wildman–Crippen MR) is 79.5 cm³/mol. The number of hydrogen-bond acceptors (Lipinski definition) is 4. The zero-order chi connectivity index (χ0) is 14.4. The van der Waals surface area contributed by atoms with Crippen LogP contribution in [0.2, 0.25) is 0 Å². The van der Waals surface area contributed by atoms with Crippen molar-refractivity contribution in [2.45, 2.75) is 40.0 Å². The molecule has 0 spiro atoms. The highest BCUT2D eigenvalue weighted by atomic mass is 16.5. The molecule has 2 heterocycles. The summed E-state index contributed by atoms with van der Waals surface area (Å²) >= 11 is 0. The van der Waals surface area contributed by atoms with Gasteiger partial charge in [0.2, 0.25) is 0 Å². The molecule has 20 heavy (non-hydrogen) atoms. The highest BCUT2D eigenvalue weighted by Gasteiger charge is 2.07. The molecule has 0 radical (unpaired) electrons. The first kappa shape index (κ1) is 14.5. The van der Waals surface area contributed by atoms with Gasteiger partial charge in [0.15, 0.2) is 0 Å². The van der Waals surface area contributed by atoms with Gasteiger partial charge in [0.05, 0.1) is 11.4 Å². The van der Waals surface area contributed by atoms with Gasteiger partial charge in [0.25, 0.3) is 0 Å². The van der Waals surface area contributed by atoms with Gasteiger partial charge in [-0.25, -0.2) is 0 Å². The Morgan fingerprint density at radius 2 is 2.05 bits per heavy atom. The lowest BCUT2D eigenvalue weighted by atomic mass is 10.2. The summed E-state index contributed by atoms with van der Waals surface area (Å²) in [6, 6.07) is 10.2. The fourth-order valence-corrected chi connectivity index (χ4v) is 1.79. The summed E-state index contributed by atoms with van der Waals surface area (Å²) in [5.41, 5.74) is 2.85. The third-order valence-electron chi connectivity index (χ3n) is 2.85. The number of nitrogens with zero attached hydrogens (tertiary/aromatic N) is 2. The van der Waals surface area contributed by atoms with Crippen LogP contribution in [0.1, 0.15) is 30.9 Å². The van der Waals surface area contributed by atoms with E-state index in [9.17, 15) is 0 Å². The normalized spacial score (nSPS) is 10.8. The van der Waals surface area contributed by atoms with E-state index in [4.69, 9.17) is 4.74 Å². The van der Waals surface area contributed by atoms with Crippen LogP contribution in [0.5, 0.6) is 5.75 Å². The topological polar surface area (TPSA) is 47.0 Å². The van der Waals surface area contributed by atoms with Gasteiger partial charge in [-0.05, 0) is 31.2 Å². The average Bonchev–Trinajstić information content (AvgIpc) is 2.45. The molecule has 0 atom stereocenters. The largest absolute Gasteiger partial charge is 0.485 e. The minimum Gasteiger partial charge on any atom is -0.485 e. The Balaban J connectivity index is 2.06. The minimum atomic E-state index is 0.418. The number of hydrogen-bond donors (Lipinski definition) is 1. The number of pyridine rings is 2. The van der Waals surface area contributed by atoms with Crippen LogP contribution < -0.4 is 10.1 Å². The fraction of sp³-hybridized carbons (Fsp3) is 0.375. The van der Waals surface area contributed by atoms with Gasteiger partial charge in [0.1, 0.15) is 12.4 Å². The number of aryl methyl sites for hydroxylation is 1. The van der Waals surface area contributed by atoms with E-state index >= 15 is 0 Å². The molecule has 4 nitrogen and oxygen atoms in total. The van der Waals surface area contributed by atoms with E-state index in [0.717, 1.165) is 22.8 Å². The SMILES string of the molecule is Cc1ccc(OCc2ccccn2)c(CNC(C)C)n1. The summed E-state index contributed by atoms with van der Waals surface area (Å²) in [6.45, 7) is 7.38. The first-order chi connectivity index (χ1) is 9.65. The lowest BCUT2D eigenvalue weighted by Gasteiger charge is -2.13. The van der Waals surface area contributed by atoms with Crippen molar-refractivity contribution >= 4 is 0 Å². The molecule has 1 N–H and O–H groups in total. The third-order valence-corrected chi connectivity index (χ3v) is 2.85. The average molecular weight is 271 g/mol. The molecule has 0 aliphatic rings. The Kier molecular flexibility index (Phi) is 5.07. The molecule has 106 valence electrons. The molecule has 2 aromatic heterocycles. The molecule has 4 heteroatoms. The zero-order valence-electron chi connectivity index (χ0n) is 12.3. The van der Waals surface area contributed by atoms with Crippen LogP contribution >= 0.6 is 0 Å². The first-order valence-corrected chi connectivity index (χ1v) is 6.88. The third kappa shape index (κ3) is 4.31. The zero-order valence-corrected chi connectivity index (χ0v) is 12.3. The summed E-state index contributed by atoms with van der Waals surface area (Å²) in [5, 5.41) is 3.37. The second-order valence-corrected chi connectivity index (χ2v) is 5.04. The number of rotatable bonds is 6. The van der Waals surface area contributed by atoms with E-state index in [1.807, 2.05) is 37.3 Å². The standard InChI is InChI=1S/C16H21N3O/c1-12(2)18-10-15-16(8-7-13(3)19-15)20-11-14-6-4-5-9-17-14/h4-9,12,18H,10-11H2,1-3H3. The van der Waals surface area contributed by atoms with Crippen molar-refractivity contribution in [3.05, 3.63) is 53.6 Å².